The lowest BCUT2D eigenvalue weighted by Crippen LogP contribution is -2.13. The van der Waals surface area contributed by atoms with Gasteiger partial charge in [-0.1, -0.05) is 61.7 Å². The molecule has 0 bridgehead atoms. The van der Waals surface area contributed by atoms with Crippen molar-refractivity contribution in [1.82, 2.24) is 0 Å². The SMILES string of the molecule is C[Si](C)C1C=CC=C2C1=Cc1ccccc12. The first-order valence-corrected chi connectivity index (χ1v) is 8.35. The highest BCUT2D eigenvalue weighted by atomic mass is 28.3. The van der Waals surface area contributed by atoms with E-state index in [-0.39, 0.29) is 8.80 Å². The van der Waals surface area contributed by atoms with E-state index in [1.54, 1.807) is 5.57 Å². The average Bonchev–Trinajstić information content (AvgIpc) is 2.67. The second-order valence-electron chi connectivity index (χ2n) is 4.71. The Hall–Kier alpha value is -1.34. The van der Waals surface area contributed by atoms with Gasteiger partial charge in [-0.3, -0.25) is 0 Å². The second-order valence-corrected chi connectivity index (χ2v) is 7.48. The molecule has 0 saturated carbocycles. The normalized spacial score (nSPS) is 21.6. The molecule has 1 radical (unpaired) electrons. The van der Waals surface area contributed by atoms with E-state index in [0.29, 0.717) is 5.54 Å². The molecule has 1 aromatic rings. The third-order valence-electron chi connectivity index (χ3n) is 3.40. The maximum absolute atomic E-state index is 2.40. The minimum absolute atomic E-state index is 0.301. The van der Waals surface area contributed by atoms with Crippen molar-refractivity contribution in [3.8, 4) is 0 Å². The van der Waals surface area contributed by atoms with Crippen LogP contribution in [0.2, 0.25) is 18.6 Å². The molecule has 2 aliphatic rings. The van der Waals surface area contributed by atoms with Gasteiger partial charge in [0.15, 0.2) is 0 Å². The molecule has 16 heavy (non-hydrogen) atoms. The lowest BCUT2D eigenvalue weighted by molar-refractivity contribution is 1.24. The van der Waals surface area contributed by atoms with E-state index in [1.807, 2.05) is 0 Å². The molecule has 2 aliphatic carbocycles. The standard InChI is InChI=1S/C15H15Si/c1-16(2)15-9-5-8-13-12-7-4-3-6-11(12)10-14(13)15/h3-10,15H,1-2H3. The molecule has 0 amide bonds. The molecule has 1 aromatic carbocycles. The number of hydrogen-bond acceptors (Lipinski definition) is 0. The van der Waals surface area contributed by atoms with Gasteiger partial charge < -0.3 is 0 Å². The van der Waals surface area contributed by atoms with Gasteiger partial charge in [0.05, 0.1) is 8.80 Å². The summed E-state index contributed by atoms with van der Waals surface area (Å²) in [5.41, 5.74) is 6.48. The van der Waals surface area contributed by atoms with Gasteiger partial charge in [0.25, 0.3) is 0 Å². The summed E-state index contributed by atoms with van der Waals surface area (Å²) in [6.07, 6.45) is 9.25. The summed E-state index contributed by atoms with van der Waals surface area (Å²) in [5, 5.41) is 0. The summed E-state index contributed by atoms with van der Waals surface area (Å²) in [7, 11) is -0.301. The van der Waals surface area contributed by atoms with E-state index in [0.717, 1.165) is 0 Å². The minimum atomic E-state index is -0.301. The summed E-state index contributed by atoms with van der Waals surface area (Å²) in [5.74, 6) is 0. The van der Waals surface area contributed by atoms with E-state index in [1.165, 1.54) is 16.7 Å². The molecule has 0 heterocycles. The maximum Gasteiger partial charge on any atom is 0.0548 e. The van der Waals surface area contributed by atoms with Crippen molar-refractivity contribution >= 4 is 20.4 Å². The molecule has 0 nitrogen and oxygen atoms in total. The van der Waals surface area contributed by atoms with E-state index < -0.39 is 0 Å². The van der Waals surface area contributed by atoms with Crippen LogP contribution in [0.15, 0.2) is 48.1 Å². The molecule has 1 heteroatoms. The Kier molecular flexibility index (Phi) is 2.22. The van der Waals surface area contributed by atoms with Crippen molar-refractivity contribution in [2.75, 3.05) is 0 Å². The predicted molar refractivity (Wildman–Crippen MR) is 72.8 cm³/mol. The molecular formula is C15H15Si. The van der Waals surface area contributed by atoms with Gasteiger partial charge in [-0.15, -0.1) is 0 Å². The zero-order valence-corrected chi connectivity index (χ0v) is 10.7. The third kappa shape index (κ3) is 1.35. The fourth-order valence-electron chi connectivity index (χ4n) is 2.58. The second kappa shape index (κ2) is 3.60. The molecule has 0 spiro atoms. The molecule has 1 unspecified atom stereocenters. The lowest BCUT2D eigenvalue weighted by Gasteiger charge is -2.22. The highest BCUT2D eigenvalue weighted by Gasteiger charge is 2.27. The summed E-state index contributed by atoms with van der Waals surface area (Å²) in [4.78, 5) is 0. The summed E-state index contributed by atoms with van der Waals surface area (Å²) >= 11 is 0. The van der Waals surface area contributed by atoms with Crippen LogP contribution in [0, 0.1) is 0 Å². The van der Waals surface area contributed by atoms with E-state index >= 15 is 0 Å². The summed E-state index contributed by atoms with van der Waals surface area (Å²) in [6, 6.07) is 8.71. The Balaban J connectivity index is 2.13. The first-order valence-electron chi connectivity index (χ1n) is 5.77. The highest BCUT2D eigenvalue weighted by molar-refractivity contribution is 6.59. The largest absolute Gasteiger partial charge is 0.0800 e. The molecular weight excluding hydrogens is 208 g/mol. The smallest absolute Gasteiger partial charge is 0.0548 e. The first-order chi connectivity index (χ1) is 7.77. The summed E-state index contributed by atoms with van der Waals surface area (Å²) < 4.78 is 0. The summed E-state index contributed by atoms with van der Waals surface area (Å²) in [6.45, 7) is 4.79. The fourth-order valence-corrected chi connectivity index (χ4v) is 3.94. The molecule has 3 rings (SSSR count). The highest BCUT2D eigenvalue weighted by Crippen LogP contribution is 2.45. The number of hydrogen-bond donors (Lipinski definition) is 0. The monoisotopic (exact) mass is 223 g/mol. The van der Waals surface area contributed by atoms with Crippen molar-refractivity contribution in [3.63, 3.8) is 0 Å². The van der Waals surface area contributed by atoms with Gasteiger partial charge in [0.2, 0.25) is 0 Å². The van der Waals surface area contributed by atoms with Crippen LogP contribution in [0.1, 0.15) is 11.1 Å². The van der Waals surface area contributed by atoms with Crippen LogP contribution < -0.4 is 0 Å². The zero-order chi connectivity index (χ0) is 11.1. The van der Waals surface area contributed by atoms with Crippen LogP contribution in [0.5, 0.6) is 0 Å². The third-order valence-corrected chi connectivity index (χ3v) is 5.14. The van der Waals surface area contributed by atoms with Gasteiger partial charge >= 0.3 is 0 Å². The number of rotatable bonds is 1. The van der Waals surface area contributed by atoms with Gasteiger partial charge in [-0.05, 0) is 27.8 Å². The molecule has 79 valence electrons. The van der Waals surface area contributed by atoms with Crippen LogP contribution >= 0.6 is 0 Å². The van der Waals surface area contributed by atoms with Gasteiger partial charge in [0.1, 0.15) is 0 Å². The van der Waals surface area contributed by atoms with E-state index in [2.05, 4.69) is 61.7 Å². The Morgan fingerprint density at radius 1 is 1.12 bits per heavy atom. The van der Waals surface area contributed by atoms with Crippen LogP contribution in [0.4, 0.5) is 0 Å². The van der Waals surface area contributed by atoms with E-state index in [9.17, 15) is 0 Å². The first kappa shape index (κ1) is 9.85. The van der Waals surface area contributed by atoms with Crippen molar-refractivity contribution in [2.45, 2.75) is 18.6 Å². The van der Waals surface area contributed by atoms with Crippen molar-refractivity contribution in [1.29, 1.82) is 0 Å². The van der Waals surface area contributed by atoms with Crippen molar-refractivity contribution in [2.24, 2.45) is 0 Å². The van der Waals surface area contributed by atoms with Crippen LogP contribution in [-0.4, -0.2) is 8.80 Å². The molecule has 0 N–H and O–H groups in total. The molecule has 0 saturated heterocycles. The number of fused-ring (bicyclic) bond motifs is 3. The van der Waals surface area contributed by atoms with Gasteiger partial charge in [-0.25, -0.2) is 0 Å². The fraction of sp³-hybridized carbons (Fsp3) is 0.200. The zero-order valence-electron chi connectivity index (χ0n) is 9.70. The maximum atomic E-state index is 2.40. The Bertz CT molecular complexity index is 518. The number of allylic oxidation sites excluding steroid dienone is 5. The van der Waals surface area contributed by atoms with Gasteiger partial charge in [0, 0.05) is 0 Å². The molecule has 1 atom stereocenters. The Labute approximate surface area is 98.6 Å². The minimum Gasteiger partial charge on any atom is -0.0800 e. The average molecular weight is 223 g/mol. The quantitative estimate of drug-likeness (QED) is 0.627. The van der Waals surface area contributed by atoms with E-state index in [4.69, 9.17) is 0 Å². The number of benzene rings is 1. The topological polar surface area (TPSA) is 0 Å². The Morgan fingerprint density at radius 3 is 2.75 bits per heavy atom. The predicted octanol–water partition coefficient (Wildman–Crippen LogP) is 4.16. The van der Waals surface area contributed by atoms with Crippen LogP contribution in [-0.2, 0) is 0 Å². The van der Waals surface area contributed by atoms with Crippen molar-refractivity contribution < 1.29 is 0 Å². The molecule has 0 fully saturated rings. The molecule has 0 aliphatic heterocycles. The lowest BCUT2D eigenvalue weighted by atomic mass is 9.97. The van der Waals surface area contributed by atoms with Gasteiger partial charge in [-0.2, -0.15) is 0 Å². The van der Waals surface area contributed by atoms with Crippen LogP contribution in [0.25, 0.3) is 11.6 Å². The van der Waals surface area contributed by atoms with Crippen molar-refractivity contribution in [3.05, 3.63) is 59.2 Å². The molecule has 0 aromatic heterocycles. The Morgan fingerprint density at radius 2 is 1.94 bits per heavy atom. The van der Waals surface area contributed by atoms with Crippen LogP contribution in [0.3, 0.4) is 0 Å².